The van der Waals surface area contributed by atoms with Crippen molar-refractivity contribution in [1.29, 1.82) is 0 Å². The maximum absolute atomic E-state index is 12.0. The molecule has 0 saturated carbocycles. The van der Waals surface area contributed by atoms with Crippen LogP contribution in [-0.4, -0.2) is 15.3 Å². The highest BCUT2D eigenvalue weighted by Crippen LogP contribution is 2.21. The predicted octanol–water partition coefficient (Wildman–Crippen LogP) is 2.85. The summed E-state index contributed by atoms with van der Waals surface area (Å²) in [5, 5.41) is 1.75. The number of aryl methyl sites for hydroxylation is 1. The van der Waals surface area contributed by atoms with Crippen molar-refractivity contribution in [3.8, 4) is 0 Å². The molecule has 0 saturated heterocycles. The molecule has 0 spiro atoms. The van der Waals surface area contributed by atoms with E-state index in [0.717, 1.165) is 6.54 Å². The fourth-order valence-electron chi connectivity index (χ4n) is 1.33. The second kappa shape index (κ2) is 4.16. The van der Waals surface area contributed by atoms with E-state index in [1.807, 2.05) is 11.5 Å². The normalized spacial score (nSPS) is 10.5. The standard InChI is InChI=1S/C10H9ClN2OS/c1-2-13-4-3-12-10(13)9(14)7-5-8(11)15-6-7/h3-6H,2H2,1H3. The lowest BCUT2D eigenvalue weighted by molar-refractivity contribution is 0.102. The van der Waals surface area contributed by atoms with Gasteiger partial charge >= 0.3 is 0 Å². The topological polar surface area (TPSA) is 34.9 Å². The van der Waals surface area contributed by atoms with Crippen molar-refractivity contribution in [3.63, 3.8) is 0 Å². The number of hydrogen-bond acceptors (Lipinski definition) is 3. The molecule has 0 unspecified atom stereocenters. The van der Waals surface area contributed by atoms with E-state index in [9.17, 15) is 4.79 Å². The van der Waals surface area contributed by atoms with Gasteiger partial charge in [-0.2, -0.15) is 0 Å². The van der Waals surface area contributed by atoms with Gasteiger partial charge in [-0.05, 0) is 13.0 Å². The summed E-state index contributed by atoms with van der Waals surface area (Å²) in [5.41, 5.74) is 0.603. The van der Waals surface area contributed by atoms with Crippen LogP contribution in [0.1, 0.15) is 23.1 Å². The lowest BCUT2D eigenvalue weighted by Crippen LogP contribution is -2.09. The zero-order valence-electron chi connectivity index (χ0n) is 8.11. The summed E-state index contributed by atoms with van der Waals surface area (Å²) in [7, 11) is 0. The van der Waals surface area contributed by atoms with Crippen LogP contribution in [0.2, 0.25) is 4.34 Å². The third-order valence-corrected chi connectivity index (χ3v) is 3.18. The quantitative estimate of drug-likeness (QED) is 0.774. The maximum atomic E-state index is 12.0. The zero-order chi connectivity index (χ0) is 10.8. The van der Waals surface area contributed by atoms with Crippen LogP contribution in [-0.2, 0) is 6.54 Å². The van der Waals surface area contributed by atoms with E-state index in [1.54, 1.807) is 23.8 Å². The Bertz CT molecular complexity index is 489. The van der Waals surface area contributed by atoms with Crippen molar-refractivity contribution in [2.45, 2.75) is 13.5 Å². The molecule has 2 heterocycles. The first-order chi connectivity index (χ1) is 7.22. The summed E-state index contributed by atoms with van der Waals surface area (Å²) in [4.78, 5) is 16.0. The number of thiophene rings is 1. The van der Waals surface area contributed by atoms with Crippen LogP contribution in [0.3, 0.4) is 0 Å². The third kappa shape index (κ3) is 1.96. The lowest BCUT2D eigenvalue weighted by Gasteiger charge is -2.01. The molecule has 3 nitrogen and oxygen atoms in total. The summed E-state index contributed by atoms with van der Waals surface area (Å²) >= 11 is 7.13. The zero-order valence-corrected chi connectivity index (χ0v) is 9.68. The molecule has 0 bridgehead atoms. The van der Waals surface area contributed by atoms with E-state index < -0.39 is 0 Å². The molecule has 15 heavy (non-hydrogen) atoms. The molecular formula is C10H9ClN2OS. The van der Waals surface area contributed by atoms with Crippen LogP contribution in [0.5, 0.6) is 0 Å². The molecule has 2 rings (SSSR count). The smallest absolute Gasteiger partial charge is 0.229 e. The van der Waals surface area contributed by atoms with E-state index in [-0.39, 0.29) is 5.78 Å². The Balaban J connectivity index is 2.36. The lowest BCUT2D eigenvalue weighted by atomic mass is 10.2. The van der Waals surface area contributed by atoms with E-state index in [4.69, 9.17) is 11.6 Å². The van der Waals surface area contributed by atoms with E-state index in [1.165, 1.54) is 11.3 Å². The molecule has 0 aromatic carbocycles. The largest absolute Gasteiger partial charge is 0.328 e. The average molecular weight is 241 g/mol. The van der Waals surface area contributed by atoms with Crippen molar-refractivity contribution in [2.75, 3.05) is 0 Å². The molecular weight excluding hydrogens is 232 g/mol. The number of nitrogens with zero attached hydrogens (tertiary/aromatic N) is 2. The summed E-state index contributed by atoms with van der Waals surface area (Å²) in [5.74, 6) is 0.386. The Morgan fingerprint density at radius 3 is 3.07 bits per heavy atom. The first-order valence-electron chi connectivity index (χ1n) is 4.52. The molecule has 0 atom stereocenters. The number of carbonyl (C=O) groups is 1. The first kappa shape index (κ1) is 10.4. The Morgan fingerprint density at radius 2 is 2.47 bits per heavy atom. The molecule has 0 fully saturated rings. The molecule has 5 heteroatoms. The molecule has 0 aliphatic heterocycles. The Hall–Kier alpha value is -1.13. The average Bonchev–Trinajstić information content (AvgIpc) is 2.84. The van der Waals surface area contributed by atoms with Crippen molar-refractivity contribution < 1.29 is 4.79 Å². The summed E-state index contributed by atoms with van der Waals surface area (Å²) in [6.07, 6.45) is 3.42. The van der Waals surface area contributed by atoms with Crippen LogP contribution in [0.15, 0.2) is 23.8 Å². The monoisotopic (exact) mass is 240 g/mol. The van der Waals surface area contributed by atoms with Crippen molar-refractivity contribution >= 4 is 28.7 Å². The van der Waals surface area contributed by atoms with Crippen LogP contribution >= 0.6 is 22.9 Å². The molecule has 78 valence electrons. The van der Waals surface area contributed by atoms with Crippen molar-refractivity contribution in [2.24, 2.45) is 0 Å². The highest BCUT2D eigenvalue weighted by atomic mass is 35.5. The summed E-state index contributed by atoms with van der Waals surface area (Å²) in [6.45, 7) is 2.71. The Labute approximate surface area is 96.3 Å². The second-order valence-corrected chi connectivity index (χ2v) is 4.55. The number of rotatable bonds is 3. The molecule has 0 aliphatic carbocycles. The Morgan fingerprint density at radius 1 is 1.67 bits per heavy atom. The van der Waals surface area contributed by atoms with Crippen LogP contribution < -0.4 is 0 Å². The predicted molar refractivity (Wildman–Crippen MR) is 60.7 cm³/mol. The van der Waals surface area contributed by atoms with Crippen molar-refractivity contribution in [3.05, 3.63) is 39.6 Å². The Kier molecular flexibility index (Phi) is 2.88. The van der Waals surface area contributed by atoms with Gasteiger partial charge < -0.3 is 4.57 Å². The maximum Gasteiger partial charge on any atom is 0.229 e. The number of aromatic nitrogens is 2. The molecule has 2 aromatic heterocycles. The number of hydrogen-bond donors (Lipinski definition) is 0. The SMILES string of the molecule is CCn1ccnc1C(=O)c1csc(Cl)c1. The van der Waals surface area contributed by atoms with Gasteiger partial charge in [0.1, 0.15) is 0 Å². The van der Waals surface area contributed by atoms with Gasteiger partial charge in [0.25, 0.3) is 0 Å². The van der Waals surface area contributed by atoms with Gasteiger partial charge in [-0.1, -0.05) is 11.6 Å². The van der Waals surface area contributed by atoms with Gasteiger partial charge in [0.15, 0.2) is 5.82 Å². The van der Waals surface area contributed by atoms with Gasteiger partial charge in [0, 0.05) is 29.9 Å². The van der Waals surface area contributed by atoms with Crippen LogP contribution in [0, 0.1) is 0 Å². The minimum Gasteiger partial charge on any atom is -0.328 e. The van der Waals surface area contributed by atoms with Crippen LogP contribution in [0.25, 0.3) is 0 Å². The summed E-state index contributed by atoms with van der Waals surface area (Å²) < 4.78 is 2.43. The second-order valence-electron chi connectivity index (χ2n) is 3.01. The van der Waals surface area contributed by atoms with Crippen LogP contribution in [0.4, 0.5) is 0 Å². The minimum atomic E-state index is -0.0787. The van der Waals surface area contributed by atoms with E-state index in [0.29, 0.717) is 15.7 Å². The molecule has 0 aliphatic rings. The minimum absolute atomic E-state index is 0.0787. The number of ketones is 1. The van der Waals surface area contributed by atoms with Gasteiger partial charge in [0.2, 0.25) is 5.78 Å². The fraction of sp³-hybridized carbons (Fsp3) is 0.200. The molecule has 0 N–H and O–H groups in total. The molecule has 2 aromatic rings. The fourth-order valence-corrected chi connectivity index (χ4v) is 2.19. The molecule has 0 amide bonds. The van der Waals surface area contributed by atoms with Gasteiger partial charge in [0.05, 0.1) is 4.34 Å². The van der Waals surface area contributed by atoms with Gasteiger partial charge in [-0.15, -0.1) is 11.3 Å². The highest BCUT2D eigenvalue weighted by molar-refractivity contribution is 7.14. The number of halogens is 1. The van der Waals surface area contributed by atoms with Crippen molar-refractivity contribution in [1.82, 2.24) is 9.55 Å². The van der Waals surface area contributed by atoms with E-state index >= 15 is 0 Å². The number of carbonyl (C=O) groups excluding carboxylic acids is 1. The highest BCUT2D eigenvalue weighted by Gasteiger charge is 2.15. The molecule has 0 radical (unpaired) electrons. The van der Waals surface area contributed by atoms with E-state index in [2.05, 4.69) is 4.98 Å². The third-order valence-electron chi connectivity index (χ3n) is 2.09. The van der Waals surface area contributed by atoms with Gasteiger partial charge in [-0.3, -0.25) is 4.79 Å². The number of imidazole rings is 1. The first-order valence-corrected chi connectivity index (χ1v) is 5.78. The van der Waals surface area contributed by atoms with Gasteiger partial charge in [-0.25, -0.2) is 4.98 Å². The summed E-state index contributed by atoms with van der Waals surface area (Å²) in [6, 6.07) is 1.67.